The van der Waals surface area contributed by atoms with Crippen LogP contribution in [0.4, 0.5) is 11.4 Å². The lowest BCUT2D eigenvalue weighted by atomic mass is 10.1. The van der Waals surface area contributed by atoms with Crippen LogP contribution in [0.25, 0.3) is 0 Å². The lowest BCUT2D eigenvalue weighted by Gasteiger charge is -2.35. The fraction of sp³-hybridized carbons (Fsp3) is 0.296. The number of carbonyl (C=O) groups is 1. The van der Waals surface area contributed by atoms with Gasteiger partial charge < -0.3 is 10.1 Å². The number of rotatable bonds is 7. The van der Waals surface area contributed by atoms with E-state index in [1.54, 1.807) is 48.5 Å². The second kappa shape index (κ2) is 10.6. The molecule has 8 heteroatoms. The molecule has 1 aliphatic heterocycles. The molecule has 1 aliphatic rings. The third-order valence-electron chi connectivity index (χ3n) is 5.99. The first-order valence-corrected chi connectivity index (χ1v) is 13.1. The molecule has 4 rings (SSSR count). The molecule has 2 atom stereocenters. The van der Waals surface area contributed by atoms with Gasteiger partial charge >= 0.3 is 0 Å². The highest BCUT2D eigenvalue weighted by Gasteiger charge is 2.23. The predicted octanol–water partition coefficient (Wildman–Crippen LogP) is 4.37. The van der Waals surface area contributed by atoms with E-state index in [-0.39, 0.29) is 23.0 Å². The third-order valence-corrected chi connectivity index (χ3v) is 7.77. The Hall–Kier alpha value is -3.20. The Morgan fingerprint density at radius 1 is 0.971 bits per heavy atom. The zero-order chi connectivity index (χ0) is 25.0. The van der Waals surface area contributed by atoms with Gasteiger partial charge in [0, 0.05) is 37.9 Å². The Bertz CT molecular complexity index is 1250. The lowest BCUT2D eigenvalue weighted by molar-refractivity contribution is -0.0704. The van der Waals surface area contributed by atoms with Crippen molar-refractivity contribution < 1.29 is 17.9 Å². The molecule has 0 radical (unpaired) electrons. The molecule has 1 fully saturated rings. The molecule has 184 valence electrons. The van der Waals surface area contributed by atoms with Crippen molar-refractivity contribution in [2.75, 3.05) is 29.8 Å². The fourth-order valence-electron chi connectivity index (χ4n) is 4.31. The van der Waals surface area contributed by atoms with Crippen LogP contribution in [0.5, 0.6) is 0 Å². The minimum Gasteiger partial charge on any atom is -0.373 e. The normalized spacial score (nSPS) is 18.7. The lowest BCUT2D eigenvalue weighted by Crippen LogP contribution is -2.44. The molecule has 1 saturated heterocycles. The maximum absolute atomic E-state index is 13.1. The van der Waals surface area contributed by atoms with Gasteiger partial charge in [0.2, 0.25) is 0 Å². The van der Waals surface area contributed by atoms with Crippen molar-refractivity contribution in [2.24, 2.45) is 0 Å². The molecule has 0 spiro atoms. The van der Waals surface area contributed by atoms with E-state index >= 15 is 0 Å². The number of carbonyl (C=O) groups excluding carboxylic acids is 1. The maximum atomic E-state index is 13.1. The van der Waals surface area contributed by atoms with E-state index in [2.05, 4.69) is 24.1 Å². The van der Waals surface area contributed by atoms with Crippen LogP contribution in [0, 0.1) is 0 Å². The van der Waals surface area contributed by atoms with Crippen molar-refractivity contribution in [1.82, 2.24) is 4.90 Å². The Morgan fingerprint density at radius 3 is 2.29 bits per heavy atom. The Morgan fingerprint density at radius 2 is 1.63 bits per heavy atom. The summed E-state index contributed by atoms with van der Waals surface area (Å²) < 4.78 is 33.2. The predicted molar refractivity (Wildman–Crippen MR) is 138 cm³/mol. The van der Waals surface area contributed by atoms with Gasteiger partial charge in [0.1, 0.15) is 0 Å². The minimum atomic E-state index is -3.77. The third kappa shape index (κ3) is 6.08. The average molecular weight is 494 g/mol. The van der Waals surface area contributed by atoms with Crippen LogP contribution in [-0.2, 0) is 21.3 Å². The molecule has 1 heterocycles. The summed E-state index contributed by atoms with van der Waals surface area (Å²) in [5, 5.41) is 2.81. The summed E-state index contributed by atoms with van der Waals surface area (Å²) in [6, 6.07) is 22.6. The second-order valence-corrected chi connectivity index (χ2v) is 10.9. The van der Waals surface area contributed by atoms with E-state index in [0.717, 1.165) is 25.2 Å². The maximum Gasteiger partial charge on any atom is 0.264 e. The van der Waals surface area contributed by atoms with E-state index in [4.69, 9.17) is 4.74 Å². The Balaban J connectivity index is 1.42. The average Bonchev–Trinajstić information content (AvgIpc) is 2.84. The smallest absolute Gasteiger partial charge is 0.264 e. The number of para-hydroxylation sites is 1. The molecule has 1 amide bonds. The summed E-state index contributed by atoms with van der Waals surface area (Å²) in [4.78, 5) is 15.3. The summed E-state index contributed by atoms with van der Waals surface area (Å²) in [5.41, 5.74) is 2.60. The summed E-state index contributed by atoms with van der Waals surface area (Å²) in [5.74, 6) is -0.295. The molecule has 0 saturated carbocycles. The van der Waals surface area contributed by atoms with Crippen LogP contribution in [-0.4, -0.2) is 51.6 Å². The number of anilines is 2. The number of morpholine rings is 1. The van der Waals surface area contributed by atoms with Crippen molar-refractivity contribution in [3.63, 3.8) is 0 Å². The highest BCUT2D eigenvalue weighted by Crippen LogP contribution is 2.24. The number of nitrogens with zero attached hydrogens (tertiary/aromatic N) is 2. The fourth-order valence-corrected chi connectivity index (χ4v) is 5.55. The molecular formula is C27H31N3O4S. The molecule has 3 aromatic carbocycles. The highest BCUT2D eigenvalue weighted by atomic mass is 32.2. The quantitative estimate of drug-likeness (QED) is 0.529. The van der Waals surface area contributed by atoms with E-state index in [0.29, 0.717) is 16.9 Å². The first kappa shape index (κ1) is 24.9. The van der Waals surface area contributed by atoms with Crippen LogP contribution in [0.2, 0.25) is 0 Å². The minimum absolute atomic E-state index is 0.103. The van der Waals surface area contributed by atoms with Gasteiger partial charge in [0.15, 0.2) is 0 Å². The second-order valence-electron chi connectivity index (χ2n) is 8.94. The molecule has 3 aromatic rings. The van der Waals surface area contributed by atoms with Gasteiger partial charge in [-0.3, -0.25) is 14.0 Å². The number of nitrogens with one attached hydrogen (secondary N) is 1. The number of ether oxygens (including phenoxy) is 1. The topological polar surface area (TPSA) is 79.0 Å². The van der Waals surface area contributed by atoms with Crippen LogP contribution >= 0.6 is 0 Å². The molecular weight excluding hydrogens is 462 g/mol. The van der Waals surface area contributed by atoms with Crippen LogP contribution in [0.1, 0.15) is 29.8 Å². The van der Waals surface area contributed by atoms with Gasteiger partial charge in [-0.05, 0) is 61.9 Å². The van der Waals surface area contributed by atoms with E-state index in [1.807, 2.05) is 18.2 Å². The Labute approximate surface area is 207 Å². The molecule has 0 aliphatic carbocycles. The van der Waals surface area contributed by atoms with Crippen molar-refractivity contribution in [1.29, 1.82) is 0 Å². The first-order chi connectivity index (χ1) is 16.7. The molecule has 0 aromatic heterocycles. The summed E-state index contributed by atoms with van der Waals surface area (Å²) >= 11 is 0. The van der Waals surface area contributed by atoms with Gasteiger partial charge in [-0.1, -0.05) is 36.4 Å². The number of sulfonamides is 1. The van der Waals surface area contributed by atoms with Crippen molar-refractivity contribution in [3.05, 3.63) is 90.0 Å². The van der Waals surface area contributed by atoms with Gasteiger partial charge in [0.25, 0.3) is 15.9 Å². The summed E-state index contributed by atoms with van der Waals surface area (Å²) in [7, 11) is -2.26. The Kier molecular flexibility index (Phi) is 7.54. The van der Waals surface area contributed by atoms with Crippen LogP contribution in [0.3, 0.4) is 0 Å². The summed E-state index contributed by atoms with van der Waals surface area (Å²) in [6.45, 7) is 6.72. The number of hydrogen-bond acceptors (Lipinski definition) is 5. The van der Waals surface area contributed by atoms with Gasteiger partial charge in [-0.15, -0.1) is 0 Å². The van der Waals surface area contributed by atoms with Crippen LogP contribution < -0.4 is 9.62 Å². The largest absolute Gasteiger partial charge is 0.373 e. The molecule has 35 heavy (non-hydrogen) atoms. The van der Waals surface area contributed by atoms with Crippen molar-refractivity contribution in [2.45, 2.75) is 37.5 Å². The SMILES string of the molecule is CC1CN(Cc2ccc(C(=O)Nc3cccc(S(=O)(=O)N(C)c4ccccc4)c3)cc2)CC(C)O1. The van der Waals surface area contributed by atoms with Crippen molar-refractivity contribution in [3.8, 4) is 0 Å². The van der Waals surface area contributed by atoms with Gasteiger partial charge in [0.05, 0.1) is 22.8 Å². The zero-order valence-corrected chi connectivity index (χ0v) is 21.0. The number of amides is 1. The van der Waals surface area contributed by atoms with Gasteiger partial charge in [-0.25, -0.2) is 8.42 Å². The standard InChI is InChI=1S/C27H31N3O4S/c1-20-17-30(18-21(2)34-20)19-22-12-14-23(15-13-22)27(31)28-24-8-7-11-26(16-24)35(32,33)29(3)25-9-5-4-6-10-25/h4-16,20-21H,17-19H2,1-3H3,(H,28,31). The van der Waals surface area contributed by atoms with Crippen LogP contribution in [0.15, 0.2) is 83.8 Å². The first-order valence-electron chi connectivity index (χ1n) is 11.6. The van der Waals surface area contributed by atoms with E-state index in [9.17, 15) is 13.2 Å². The summed E-state index contributed by atoms with van der Waals surface area (Å²) in [6.07, 6.45) is 0.409. The zero-order valence-electron chi connectivity index (χ0n) is 20.2. The van der Waals surface area contributed by atoms with E-state index in [1.165, 1.54) is 23.5 Å². The molecule has 2 unspecified atom stereocenters. The molecule has 1 N–H and O–H groups in total. The highest BCUT2D eigenvalue weighted by molar-refractivity contribution is 7.92. The van der Waals surface area contributed by atoms with Gasteiger partial charge in [-0.2, -0.15) is 0 Å². The monoisotopic (exact) mass is 493 g/mol. The molecule has 7 nitrogen and oxygen atoms in total. The number of hydrogen-bond donors (Lipinski definition) is 1. The van der Waals surface area contributed by atoms with E-state index < -0.39 is 10.0 Å². The van der Waals surface area contributed by atoms with Crippen molar-refractivity contribution >= 4 is 27.3 Å². The molecule has 0 bridgehead atoms. The number of benzene rings is 3.